The van der Waals surface area contributed by atoms with Crippen LogP contribution in [0.2, 0.25) is 0 Å². The van der Waals surface area contributed by atoms with Gasteiger partial charge < -0.3 is 14.9 Å². The zero-order valence-electron chi connectivity index (χ0n) is 12.6. The Kier molecular flexibility index (Phi) is 5.12. The standard InChI is InChI=1S/C14H19N3O4S/c1-9-11(8-22-15-9)13(19)16(2)7-12(18)17-5-3-10(4-6-17)14(20)21/h8,10H,3-7H2,1-2H3,(H,20,21). The van der Waals surface area contributed by atoms with E-state index in [9.17, 15) is 14.4 Å². The summed E-state index contributed by atoms with van der Waals surface area (Å²) in [5.41, 5.74) is 1.18. The summed E-state index contributed by atoms with van der Waals surface area (Å²) in [5, 5.41) is 10.6. The molecule has 1 N–H and O–H groups in total. The second-order valence-electron chi connectivity index (χ2n) is 5.47. The maximum absolute atomic E-state index is 12.2. The highest BCUT2D eigenvalue weighted by molar-refractivity contribution is 7.03. The van der Waals surface area contributed by atoms with Gasteiger partial charge in [0.1, 0.15) is 0 Å². The predicted octanol–water partition coefficient (Wildman–Crippen LogP) is 0.847. The number of aliphatic carboxylic acids is 1. The van der Waals surface area contributed by atoms with E-state index in [1.165, 1.54) is 16.4 Å². The molecule has 8 heteroatoms. The zero-order chi connectivity index (χ0) is 16.3. The number of aryl methyl sites for hydroxylation is 1. The van der Waals surface area contributed by atoms with Gasteiger partial charge in [0, 0.05) is 25.5 Å². The first-order valence-electron chi connectivity index (χ1n) is 7.07. The lowest BCUT2D eigenvalue weighted by Gasteiger charge is -2.31. The molecule has 1 fully saturated rings. The average Bonchev–Trinajstić information content (AvgIpc) is 2.92. The third-order valence-electron chi connectivity index (χ3n) is 3.90. The van der Waals surface area contributed by atoms with Gasteiger partial charge in [-0.3, -0.25) is 14.4 Å². The Hall–Kier alpha value is -1.96. The van der Waals surface area contributed by atoms with Crippen LogP contribution >= 0.6 is 11.5 Å². The monoisotopic (exact) mass is 325 g/mol. The van der Waals surface area contributed by atoms with Crippen LogP contribution in [0.25, 0.3) is 0 Å². The van der Waals surface area contributed by atoms with Crippen LogP contribution in [0, 0.1) is 12.8 Å². The van der Waals surface area contributed by atoms with Crippen molar-refractivity contribution in [2.24, 2.45) is 5.92 Å². The summed E-state index contributed by atoms with van der Waals surface area (Å²) < 4.78 is 4.06. The van der Waals surface area contributed by atoms with E-state index in [0.717, 1.165) is 0 Å². The molecule has 1 saturated heterocycles. The van der Waals surface area contributed by atoms with Crippen molar-refractivity contribution in [3.05, 3.63) is 16.6 Å². The Bertz CT molecular complexity index is 578. The smallest absolute Gasteiger partial charge is 0.306 e. The van der Waals surface area contributed by atoms with E-state index in [1.54, 1.807) is 24.3 Å². The second-order valence-corrected chi connectivity index (χ2v) is 6.10. The predicted molar refractivity (Wildman–Crippen MR) is 80.8 cm³/mol. The number of nitrogens with zero attached hydrogens (tertiary/aromatic N) is 3. The first-order chi connectivity index (χ1) is 10.4. The van der Waals surface area contributed by atoms with Crippen LogP contribution in [0.1, 0.15) is 28.9 Å². The van der Waals surface area contributed by atoms with Crippen LogP contribution in [0.5, 0.6) is 0 Å². The molecule has 0 saturated carbocycles. The second kappa shape index (κ2) is 6.87. The Morgan fingerprint density at radius 3 is 2.55 bits per heavy atom. The van der Waals surface area contributed by atoms with E-state index in [-0.39, 0.29) is 24.3 Å². The minimum atomic E-state index is -0.806. The van der Waals surface area contributed by atoms with Crippen molar-refractivity contribution >= 4 is 29.3 Å². The molecule has 0 bridgehead atoms. The Morgan fingerprint density at radius 1 is 1.41 bits per heavy atom. The number of hydrogen-bond donors (Lipinski definition) is 1. The van der Waals surface area contributed by atoms with Crippen molar-refractivity contribution in [2.75, 3.05) is 26.7 Å². The third-order valence-corrected chi connectivity index (χ3v) is 4.62. The highest BCUT2D eigenvalue weighted by Gasteiger charge is 2.28. The molecule has 0 spiro atoms. The molecule has 0 aromatic carbocycles. The molecule has 0 unspecified atom stereocenters. The first kappa shape index (κ1) is 16.4. The summed E-state index contributed by atoms with van der Waals surface area (Å²) in [7, 11) is 1.58. The largest absolute Gasteiger partial charge is 0.481 e. The van der Waals surface area contributed by atoms with Gasteiger partial charge in [0.05, 0.1) is 23.7 Å². The normalized spacial score (nSPS) is 15.6. The number of likely N-dealkylation sites (tertiary alicyclic amines) is 1. The van der Waals surface area contributed by atoms with Crippen molar-refractivity contribution in [2.45, 2.75) is 19.8 Å². The fourth-order valence-electron chi connectivity index (χ4n) is 2.45. The van der Waals surface area contributed by atoms with Gasteiger partial charge in [0.15, 0.2) is 0 Å². The maximum atomic E-state index is 12.2. The molecular weight excluding hydrogens is 306 g/mol. The van der Waals surface area contributed by atoms with Crippen molar-refractivity contribution in [1.82, 2.24) is 14.2 Å². The number of carbonyl (C=O) groups excluding carboxylic acids is 2. The van der Waals surface area contributed by atoms with Gasteiger partial charge in [0.2, 0.25) is 5.91 Å². The van der Waals surface area contributed by atoms with Gasteiger partial charge >= 0.3 is 5.97 Å². The van der Waals surface area contributed by atoms with Crippen LogP contribution < -0.4 is 0 Å². The number of hydrogen-bond acceptors (Lipinski definition) is 5. The van der Waals surface area contributed by atoms with E-state index in [4.69, 9.17) is 5.11 Å². The quantitative estimate of drug-likeness (QED) is 0.886. The molecule has 0 atom stereocenters. The van der Waals surface area contributed by atoms with Crippen molar-refractivity contribution in [3.8, 4) is 0 Å². The van der Waals surface area contributed by atoms with Gasteiger partial charge in [-0.2, -0.15) is 4.37 Å². The average molecular weight is 325 g/mol. The van der Waals surface area contributed by atoms with Crippen LogP contribution in [0.4, 0.5) is 0 Å². The molecule has 1 aromatic rings. The van der Waals surface area contributed by atoms with Crippen LogP contribution in [0.3, 0.4) is 0 Å². The summed E-state index contributed by atoms with van der Waals surface area (Å²) in [6, 6.07) is 0. The summed E-state index contributed by atoms with van der Waals surface area (Å²) in [5.74, 6) is -1.55. The highest BCUT2D eigenvalue weighted by Crippen LogP contribution is 2.18. The minimum Gasteiger partial charge on any atom is -0.481 e. The molecule has 2 rings (SSSR count). The van der Waals surface area contributed by atoms with Gasteiger partial charge in [-0.1, -0.05) is 0 Å². The molecule has 1 aliphatic heterocycles. The van der Waals surface area contributed by atoms with E-state index in [0.29, 0.717) is 37.2 Å². The number of amides is 2. The number of aromatic nitrogens is 1. The first-order valence-corrected chi connectivity index (χ1v) is 7.90. The summed E-state index contributed by atoms with van der Waals surface area (Å²) in [6.45, 7) is 2.61. The summed E-state index contributed by atoms with van der Waals surface area (Å²) >= 11 is 1.21. The van der Waals surface area contributed by atoms with E-state index < -0.39 is 5.97 Å². The van der Waals surface area contributed by atoms with E-state index >= 15 is 0 Å². The molecule has 2 heterocycles. The SMILES string of the molecule is Cc1nscc1C(=O)N(C)CC(=O)N1CCC(C(=O)O)CC1. The van der Waals surface area contributed by atoms with Crippen LogP contribution in [-0.4, -0.2) is 63.7 Å². The molecule has 120 valence electrons. The fraction of sp³-hybridized carbons (Fsp3) is 0.571. The summed E-state index contributed by atoms with van der Waals surface area (Å²) in [4.78, 5) is 38.4. The molecule has 0 aliphatic carbocycles. The van der Waals surface area contributed by atoms with E-state index in [1.807, 2.05) is 0 Å². The topological polar surface area (TPSA) is 90.8 Å². The Morgan fingerprint density at radius 2 is 2.05 bits per heavy atom. The summed E-state index contributed by atoms with van der Waals surface area (Å²) in [6.07, 6.45) is 0.929. The Balaban J connectivity index is 1.88. The molecular formula is C14H19N3O4S. The van der Waals surface area contributed by atoms with Gasteiger partial charge in [-0.25, -0.2) is 0 Å². The molecule has 7 nitrogen and oxygen atoms in total. The van der Waals surface area contributed by atoms with Crippen molar-refractivity contribution in [3.63, 3.8) is 0 Å². The van der Waals surface area contributed by atoms with Gasteiger partial charge in [0.25, 0.3) is 5.91 Å². The van der Waals surface area contributed by atoms with Crippen LogP contribution in [-0.2, 0) is 9.59 Å². The number of carboxylic acid groups (broad SMARTS) is 1. The maximum Gasteiger partial charge on any atom is 0.306 e. The molecule has 0 radical (unpaired) electrons. The van der Waals surface area contributed by atoms with Crippen LogP contribution in [0.15, 0.2) is 5.38 Å². The fourth-order valence-corrected chi connectivity index (χ4v) is 3.14. The Labute approximate surface area is 132 Å². The minimum absolute atomic E-state index is 0.00808. The molecule has 1 aliphatic rings. The zero-order valence-corrected chi connectivity index (χ0v) is 13.4. The lowest BCUT2D eigenvalue weighted by Crippen LogP contribution is -2.45. The lowest BCUT2D eigenvalue weighted by atomic mass is 9.97. The van der Waals surface area contributed by atoms with Crippen molar-refractivity contribution in [1.29, 1.82) is 0 Å². The number of piperidine rings is 1. The van der Waals surface area contributed by atoms with Crippen molar-refractivity contribution < 1.29 is 19.5 Å². The molecule has 1 aromatic heterocycles. The number of carbonyl (C=O) groups is 3. The third kappa shape index (κ3) is 3.62. The lowest BCUT2D eigenvalue weighted by molar-refractivity contribution is -0.145. The van der Waals surface area contributed by atoms with Gasteiger partial charge in [-0.05, 0) is 31.3 Å². The number of likely N-dealkylation sites (N-methyl/N-ethyl adjacent to an activating group) is 1. The molecule has 22 heavy (non-hydrogen) atoms. The number of carboxylic acids is 1. The highest BCUT2D eigenvalue weighted by atomic mass is 32.1. The molecule has 2 amide bonds. The van der Waals surface area contributed by atoms with E-state index in [2.05, 4.69) is 4.37 Å². The number of rotatable bonds is 4. The van der Waals surface area contributed by atoms with Gasteiger partial charge in [-0.15, -0.1) is 0 Å².